The first kappa shape index (κ1) is 20.1. The van der Waals surface area contributed by atoms with E-state index in [2.05, 4.69) is 46.5 Å². The summed E-state index contributed by atoms with van der Waals surface area (Å²) in [6.45, 7) is 3.58. The lowest BCUT2D eigenvalue weighted by atomic mass is 9.92. The number of carbonyl (C=O) groups excluding carboxylic acids is 1. The lowest BCUT2D eigenvalue weighted by Crippen LogP contribution is -2.47. The number of benzene rings is 2. The van der Waals surface area contributed by atoms with Crippen molar-refractivity contribution >= 4 is 22.8 Å². The van der Waals surface area contributed by atoms with Gasteiger partial charge >= 0.3 is 0 Å². The van der Waals surface area contributed by atoms with E-state index in [4.69, 9.17) is 4.98 Å². The molecule has 1 aliphatic rings. The molecule has 30 heavy (non-hydrogen) atoms. The van der Waals surface area contributed by atoms with Crippen LogP contribution in [0.5, 0.6) is 0 Å². The van der Waals surface area contributed by atoms with Crippen molar-refractivity contribution in [2.24, 2.45) is 0 Å². The third kappa shape index (κ3) is 4.85. The normalized spacial score (nSPS) is 19.5. The van der Waals surface area contributed by atoms with Gasteiger partial charge in [-0.3, -0.25) is 4.79 Å². The second-order valence-electron chi connectivity index (χ2n) is 7.89. The van der Waals surface area contributed by atoms with Crippen molar-refractivity contribution in [2.75, 3.05) is 5.32 Å². The molecule has 0 bridgehead atoms. The molecule has 2 aromatic carbocycles. The highest BCUT2D eigenvalue weighted by molar-refractivity contribution is 5.87. The summed E-state index contributed by atoms with van der Waals surface area (Å²) < 4.78 is 0. The van der Waals surface area contributed by atoms with Crippen molar-refractivity contribution in [1.82, 2.24) is 15.3 Å². The molecule has 4 rings (SSSR count). The molecule has 0 saturated heterocycles. The van der Waals surface area contributed by atoms with E-state index < -0.39 is 0 Å². The molecule has 2 N–H and O–H groups in total. The zero-order valence-electron chi connectivity index (χ0n) is 17.2. The zero-order chi connectivity index (χ0) is 20.8. The lowest BCUT2D eigenvalue weighted by molar-refractivity contribution is -0.117. The van der Waals surface area contributed by atoms with Gasteiger partial charge in [0.2, 0.25) is 11.9 Å². The fraction of sp³-hybridized carbons (Fsp3) is 0.320. The molecule has 1 aliphatic carbocycles. The van der Waals surface area contributed by atoms with Crippen LogP contribution in [-0.4, -0.2) is 28.0 Å². The quantitative estimate of drug-likeness (QED) is 0.585. The summed E-state index contributed by atoms with van der Waals surface area (Å²) in [5.74, 6) is 0.485. The standard InChI is InChI=1S/C25H28N4O/c1-2-24(30)27-22-12-8-3-4-9-13-23(22)29-25-26-17-20-16-19(14-15-21(20)28-25)18-10-6-5-7-11-18/h2,5-7,10-11,14-17,22-23H,1,3-4,8-9,12-13H2,(H,27,30)(H,26,28,29)/t22?,23-/m0/s1. The van der Waals surface area contributed by atoms with Crippen molar-refractivity contribution < 1.29 is 4.79 Å². The molecule has 3 aromatic rings. The number of hydrogen-bond acceptors (Lipinski definition) is 4. The highest BCUT2D eigenvalue weighted by Gasteiger charge is 2.24. The maximum Gasteiger partial charge on any atom is 0.243 e. The molecular formula is C25H28N4O. The number of fused-ring (bicyclic) bond motifs is 1. The first-order valence-corrected chi connectivity index (χ1v) is 10.7. The van der Waals surface area contributed by atoms with Crippen LogP contribution in [0.2, 0.25) is 0 Å². The largest absolute Gasteiger partial charge is 0.349 e. The summed E-state index contributed by atoms with van der Waals surface area (Å²) in [5, 5.41) is 7.60. The number of nitrogens with one attached hydrogen (secondary N) is 2. The third-order valence-corrected chi connectivity index (χ3v) is 5.78. The van der Waals surface area contributed by atoms with Crippen LogP contribution in [-0.2, 0) is 4.79 Å². The van der Waals surface area contributed by atoms with E-state index in [1.165, 1.54) is 24.5 Å². The minimum Gasteiger partial charge on any atom is -0.349 e. The van der Waals surface area contributed by atoms with Gasteiger partial charge in [-0.1, -0.05) is 68.7 Å². The summed E-state index contributed by atoms with van der Waals surface area (Å²) >= 11 is 0. The molecule has 1 fully saturated rings. The van der Waals surface area contributed by atoms with Gasteiger partial charge in [-0.05, 0) is 42.2 Å². The molecule has 1 saturated carbocycles. The van der Waals surface area contributed by atoms with Gasteiger partial charge < -0.3 is 10.6 Å². The van der Waals surface area contributed by atoms with E-state index in [0.717, 1.165) is 42.1 Å². The molecule has 154 valence electrons. The van der Waals surface area contributed by atoms with Crippen molar-refractivity contribution in [3.63, 3.8) is 0 Å². The molecule has 0 radical (unpaired) electrons. The summed E-state index contributed by atoms with van der Waals surface area (Å²) in [7, 11) is 0. The number of carbonyl (C=O) groups is 1. The molecule has 1 unspecified atom stereocenters. The Morgan fingerprint density at radius 1 is 0.967 bits per heavy atom. The molecular weight excluding hydrogens is 372 g/mol. The Hall–Kier alpha value is -3.21. The molecule has 2 atom stereocenters. The Labute approximate surface area is 177 Å². The van der Waals surface area contributed by atoms with E-state index in [1.54, 1.807) is 0 Å². The van der Waals surface area contributed by atoms with Crippen molar-refractivity contribution in [3.8, 4) is 11.1 Å². The van der Waals surface area contributed by atoms with Crippen LogP contribution >= 0.6 is 0 Å². The molecule has 5 nitrogen and oxygen atoms in total. The van der Waals surface area contributed by atoms with Crippen molar-refractivity contribution in [2.45, 2.75) is 50.6 Å². The van der Waals surface area contributed by atoms with E-state index in [9.17, 15) is 4.79 Å². The Kier molecular flexibility index (Phi) is 6.38. The Morgan fingerprint density at radius 3 is 2.50 bits per heavy atom. The molecule has 1 amide bonds. The maximum atomic E-state index is 11.9. The molecule has 5 heteroatoms. The van der Waals surface area contributed by atoms with Gasteiger partial charge in [0.15, 0.2) is 0 Å². The topological polar surface area (TPSA) is 66.9 Å². The van der Waals surface area contributed by atoms with Crippen LogP contribution in [0.15, 0.2) is 67.4 Å². The van der Waals surface area contributed by atoms with E-state index in [-0.39, 0.29) is 18.0 Å². The molecule has 1 heterocycles. The minimum absolute atomic E-state index is 0.0514. The number of hydrogen-bond donors (Lipinski definition) is 2. The Morgan fingerprint density at radius 2 is 1.73 bits per heavy atom. The maximum absolute atomic E-state index is 11.9. The van der Waals surface area contributed by atoms with Gasteiger partial charge in [0.05, 0.1) is 5.52 Å². The van der Waals surface area contributed by atoms with Gasteiger partial charge in [-0.15, -0.1) is 0 Å². The summed E-state index contributed by atoms with van der Waals surface area (Å²) in [5.41, 5.74) is 3.24. The summed E-state index contributed by atoms with van der Waals surface area (Å²) in [6, 6.07) is 16.7. The van der Waals surface area contributed by atoms with Crippen LogP contribution in [0.4, 0.5) is 5.95 Å². The van der Waals surface area contributed by atoms with Crippen LogP contribution in [0.1, 0.15) is 38.5 Å². The Balaban J connectivity index is 1.55. The van der Waals surface area contributed by atoms with Crippen molar-refractivity contribution in [1.29, 1.82) is 0 Å². The fourth-order valence-electron chi connectivity index (χ4n) is 4.15. The number of nitrogens with zero attached hydrogens (tertiary/aromatic N) is 2. The molecule has 1 aromatic heterocycles. The number of rotatable bonds is 5. The van der Waals surface area contributed by atoms with Crippen molar-refractivity contribution in [3.05, 3.63) is 67.4 Å². The number of amides is 1. The molecule has 0 aliphatic heterocycles. The molecule has 0 spiro atoms. The predicted molar refractivity (Wildman–Crippen MR) is 122 cm³/mol. The average molecular weight is 401 g/mol. The number of aromatic nitrogens is 2. The van der Waals surface area contributed by atoms with Crippen LogP contribution in [0.25, 0.3) is 22.0 Å². The average Bonchev–Trinajstić information content (AvgIpc) is 2.78. The highest BCUT2D eigenvalue weighted by Crippen LogP contribution is 2.25. The van der Waals surface area contributed by atoms with Crippen LogP contribution in [0, 0.1) is 0 Å². The van der Waals surface area contributed by atoms with Gasteiger partial charge in [-0.2, -0.15) is 0 Å². The van der Waals surface area contributed by atoms with Gasteiger partial charge in [0, 0.05) is 23.7 Å². The summed E-state index contributed by atoms with van der Waals surface area (Å²) in [6.07, 6.45) is 9.82. The SMILES string of the molecule is C=CC(=O)NC1CCCCCC[C@@H]1Nc1ncc2cc(-c3ccccc3)ccc2n1. The fourth-order valence-corrected chi connectivity index (χ4v) is 4.15. The minimum atomic E-state index is -0.125. The Bertz CT molecular complexity index is 1020. The van der Waals surface area contributed by atoms with Gasteiger partial charge in [-0.25, -0.2) is 9.97 Å². The van der Waals surface area contributed by atoms with E-state index in [0.29, 0.717) is 5.95 Å². The summed E-state index contributed by atoms with van der Waals surface area (Å²) in [4.78, 5) is 21.2. The lowest BCUT2D eigenvalue weighted by Gasteiger charge is -2.30. The second kappa shape index (κ2) is 9.53. The number of anilines is 1. The first-order chi connectivity index (χ1) is 14.7. The van der Waals surface area contributed by atoms with Gasteiger partial charge in [0.25, 0.3) is 0 Å². The smallest absolute Gasteiger partial charge is 0.243 e. The van der Waals surface area contributed by atoms with Gasteiger partial charge in [0.1, 0.15) is 0 Å². The first-order valence-electron chi connectivity index (χ1n) is 10.7. The zero-order valence-corrected chi connectivity index (χ0v) is 17.2. The van der Waals surface area contributed by atoms with Crippen LogP contribution in [0.3, 0.4) is 0 Å². The predicted octanol–water partition coefficient (Wildman–Crippen LogP) is 5.10. The van der Waals surface area contributed by atoms with E-state index in [1.807, 2.05) is 30.5 Å². The second-order valence-corrected chi connectivity index (χ2v) is 7.89. The monoisotopic (exact) mass is 400 g/mol. The third-order valence-electron chi connectivity index (χ3n) is 5.78. The highest BCUT2D eigenvalue weighted by atomic mass is 16.1. The van der Waals surface area contributed by atoms with Crippen LogP contribution < -0.4 is 10.6 Å². The van der Waals surface area contributed by atoms with E-state index >= 15 is 0 Å².